The fourth-order valence-electron chi connectivity index (χ4n) is 7.49. The van der Waals surface area contributed by atoms with Gasteiger partial charge in [0.15, 0.2) is 0 Å². The average molecular weight is 597 g/mol. The molecule has 11 heteroatoms. The highest BCUT2D eigenvalue weighted by atomic mass is 16.6. The van der Waals surface area contributed by atoms with Gasteiger partial charge in [-0.15, -0.1) is 0 Å². The summed E-state index contributed by atoms with van der Waals surface area (Å²) in [5.41, 5.74) is -3.54. The summed E-state index contributed by atoms with van der Waals surface area (Å²) >= 11 is 0. The van der Waals surface area contributed by atoms with Gasteiger partial charge in [-0.05, 0) is 63.2 Å². The molecule has 0 aromatic heterocycles. The number of rotatable bonds is 17. The van der Waals surface area contributed by atoms with Crippen molar-refractivity contribution < 1.29 is 53.8 Å². The van der Waals surface area contributed by atoms with Crippen LogP contribution in [0.25, 0.3) is 0 Å². The van der Waals surface area contributed by atoms with Crippen LogP contribution in [-0.4, -0.2) is 80.9 Å². The van der Waals surface area contributed by atoms with Gasteiger partial charge in [0.25, 0.3) is 6.47 Å². The second-order valence-corrected chi connectivity index (χ2v) is 14.6. The van der Waals surface area contributed by atoms with E-state index in [0.717, 1.165) is 57.8 Å². The molecule has 11 nitrogen and oxygen atoms in total. The molecule has 4 rings (SSSR count). The highest BCUT2D eigenvalue weighted by Crippen LogP contribution is 2.59. The normalized spacial score (nSPS) is 32.3. The molecule has 5 atom stereocenters. The van der Waals surface area contributed by atoms with Gasteiger partial charge in [-0.1, -0.05) is 26.7 Å². The number of aliphatic hydroxyl groups excluding tert-OH is 1. The lowest BCUT2D eigenvalue weighted by Crippen LogP contribution is -2.50. The maximum atomic E-state index is 12.2. The van der Waals surface area contributed by atoms with Crippen molar-refractivity contribution in [1.29, 1.82) is 0 Å². The number of aliphatic carboxylic acids is 1. The Bertz CT molecular complexity index is 1010. The summed E-state index contributed by atoms with van der Waals surface area (Å²) in [5.74, 6) is -2.19. The summed E-state index contributed by atoms with van der Waals surface area (Å²) in [4.78, 5) is 46.2. The predicted octanol–water partition coefficient (Wildman–Crippen LogP) is 3.19. The number of hydrogen-bond acceptors (Lipinski definition) is 10. The summed E-state index contributed by atoms with van der Waals surface area (Å²) in [6.07, 6.45) is 7.34. The molecule has 4 aliphatic rings. The van der Waals surface area contributed by atoms with Crippen LogP contribution in [0, 0.1) is 16.2 Å². The largest absolute Gasteiger partial charge is 0.481 e. The van der Waals surface area contributed by atoms with E-state index in [4.69, 9.17) is 14.2 Å². The van der Waals surface area contributed by atoms with Crippen molar-refractivity contribution in [2.24, 2.45) is 16.2 Å². The van der Waals surface area contributed by atoms with E-state index in [2.05, 4.69) is 0 Å². The molecular weight excluding hydrogens is 548 g/mol. The number of hydrogen-bond donors (Lipinski definition) is 4. The molecule has 0 spiro atoms. The summed E-state index contributed by atoms with van der Waals surface area (Å²) in [6, 6.07) is 0. The zero-order valence-corrected chi connectivity index (χ0v) is 25.0. The number of carbonyl (C=O) groups excluding carboxylic acids is 3. The molecule has 2 aliphatic carbocycles. The second kappa shape index (κ2) is 12.4. The maximum absolute atomic E-state index is 12.2. The van der Waals surface area contributed by atoms with Crippen molar-refractivity contribution in [3.8, 4) is 0 Å². The molecular formula is C31H48O11. The van der Waals surface area contributed by atoms with Crippen LogP contribution in [0.15, 0.2) is 0 Å². The summed E-state index contributed by atoms with van der Waals surface area (Å²) in [6.45, 7) is 4.05. The zero-order chi connectivity index (χ0) is 30.8. The fourth-order valence-corrected chi connectivity index (χ4v) is 7.49. The maximum Gasteiger partial charge on any atom is 0.309 e. The standard InChI is InChI=1S/C31H48O11/c1-27(2,22-13-30(38,15-24(34)35)16-25(36)41-22)18-28(9-10-28)8-6-21(33)5-3-4-7-29(11-12-29)23-14-31(39,19-40-20-32)17-26(37)42-23/h20-23,33,38-39H,3-19H2,1-2H3,(H,34,35). The molecule has 4 N–H and O–H groups in total. The minimum absolute atomic E-state index is 0.0481. The van der Waals surface area contributed by atoms with Crippen LogP contribution in [0.1, 0.15) is 117 Å². The number of unbranched alkanes of at least 4 members (excludes halogenated alkanes) is 1. The van der Waals surface area contributed by atoms with Crippen molar-refractivity contribution in [2.75, 3.05) is 6.61 Å². The van der Waals surface area contributed by atoms with Crippen molar-refractivity contribution in [3.63, 3.8) is 0 Å². The van der Waals surface area contributed by atoms with Gasteiger partial charge in [0, 0.05) is 23.7 Å². The second-order valence-electron chi connectivity index (χ2n) is 14.6. The molecule has 42 heavy (non-hydrogen) atoms. The molecule has 0 bridgehead atoms. The molecule has 0 aromatic carbocycles. The Morgan fingerprint density at radius 1 is 1.00 bits per heavy atom. The highest BCUT2D eigenvalue weighted by Gasteiger charge is 2.56. The van der Waals surface area contributed by atoms with E-state index < -0.39 is 59.3 Å². The fraction of sp³-hybridized carbons (Fsp3) is 0.871. The Balaban J connectivity index is 1.19. The minimum Gasteiger partial charge on any atom is -0.481 e. The molecule has 2 saturated carbocycles. The lowest BCUT2D eigenvalue weighted by Gasteiger charge is -2.43. The highest BCUT2D eigenvalue weighted by molar-refractivity contribution is 5.75. The van der Waals surface area contributed by atoms with E-state index in [1.165, 1.54) is 0 Å². The number of carbonyl (C=O) groups is 4. The third-order valence-electron chi connectivity index (χ3n) is 10.2. The van der Waals surface area contributed by atoms with E-state index in [9.17, 15) is 39.6 Å². The molecule has 0 radical (unpaired) electrons. The van der Waals surface area contributed by atoms with Gasteiger partial charge in [-0.3, -0.25) is 19.2 Å². The lowest BCUT2D eigenvalue weighted by molar-refractivity contribution is -0.186. The van der Waals surface area contributed by atoms with E-state index >= 15 is 0 Å². The number of carboxylic acids is 1. The zero-order valence-electron chi connectivity index (χ0n) is 25.0. The van der Waals surface area contributed by atoms with Crippen molar-refractivity contribution in [2.45, 2.75) is 146 Å². The van der Waals surface area contributed by atoms with Crippen LogP contribution in [0.4, 0.5) is 0 Å². The number of ether oxygens (including phenoxy) is 3. The van der Waals surface area contributed by atoms with Gasteiger partial charge in [0.1, 0.15) is 24.4 Å². The average Bonchev–Trinajstić information content (AvgIpc) is 3.80. The topological polar surface area (TPSA) is 177 Å². The van der Waals surface area contributed by atoms with Crippen LogP contribution in [-0.2, 0) is 33.4 Å². The van der Waals surface area contributed by atoms with Crippen molar-refractivity contribution >= 4 is 24.4 Å². The molecule has 2 saturated heterocycles. The molecule has 4 fully saturated rings. The first-order valence-electron chi connectivity index (χ1n) is 15.4. The Morgan fingerprint density at radius 3 is 2.29 bits per heavy atom. The van der Waals surface area contributed by atoms with Crippen LogP contribution in [0.3, 0.4) is 0 Å². The SMILES string of the molecule is CC(C)(CC1(CCC(O)CCCCC2(C3CC(O)(COC=O)CC(=O)O3)CC2)CC1)C1CC(O)(CC(=O)O)CC(=O)O1. The van der Waals surface area contributed by atoms with E-state index in [1.54, 1.807) is 0 Å². The van der Waals surface area contributed by atoms with Gasteiger partial charge in [0.05, 0.1) is 31.0 Å². The molecule has 2 heterocycles. The Kier molecular flexibility index (Phi) is 9.65. The molecule has 238 valence electrons. The van der Waals surface area contributed by atoms with Crippen LogP contribution >= 0.6 is 0 Å². The number of aliphatic hydroxyl groups is 3. The monoisotopic (exact) mass is 596 g/mol. The van der Waals surface area contributed by atoms with E-state index in [-0.39, 0.29) is 49.6 Å². The Labute approximate surface area is 247 Å². The first kappa shape index (κ1) is 32.7. The summed E-state index contributed by atoms with van der Waals surface area (Å²) in [5, 5.41) is 41.4. The van der Waals surface area contributed by atoms with Gasteiger partial charge >= 0.3 is 17.9 Å². The Morgan fingerprint density at radius 2 is 1.67 bits per heavy atom. The van der Waals surface area contributed by atoms with Crippen LogP contribution < -0.4 is 0 Å². The molecule has 5 unspecified atom stereocenters. The third-order valence-corrected chi connectivity index (χ3v) is 10.2. The molecule has 2 aliphatic heterocycles. The summed E-state index contributed by atoms with van der Waals surface area (Å²) in [7, 11) is 0. The number of carboxylic acid groups (broad SMARTS) is 1. The Hall–Kier alpha value is -2.24. The van der Waals surface area contributed by atoms with Crippen molar-refractivity contribution in [1.82, 2.24) is 0 Å². The van der Waals surface area contributed by atoms with Crippen LogP contribution in [0.5, 0.6) is 0 Å². The summed E-state index contributed by atoms with van der Waals surface area (Å²) < 4.78 is 16.0. The predicted molar refractivity (Wildman–Crippen MR) is 148 cm³/mol. The van der Waals surface area contributed by atoms with Gasteiger partial charge < -0.3 is 34.6 Å². The quantitative estimate of drug-likeness (QED) is 0.0839. The van der Waals surface area contributed by atoms with E-state index in [0.29, 0.717) is 12.8 Å². The molecule has 0 aromatic rings. The third kappa shape index (κ3) is 8.44. The minimum atomic E-state index is -1.60. The number of cyclic esters (lactones) is 2. The van der Waals surface area contributed by atoms with Crippen LogP contribution in [0.2, 0.25) is 0 Å². The van der Waals surface area contributed by atoms with Gasteiger partial charge in [-0.25, -0.2) is 0 Å². The first-order chi connectivity index (χ1) is 19.6. The first-order valence-corrected chi connectivity index (χ1v) is 15.4. The lowest BCUT2D eigenvalue weighted by atomic mass is 9.70. The molecule has 0 amide bonds. The van der Waals surface area contributed by atoms with E-state index in [1.807, 2.05) is 13.8 Å². The van der Waals surface area contributed by atoms with Gasteiger partial charge in [0.2, 0.25) is 0 Å². The van der Waals surface area contributed by atoms with Crippen molar-refractivity contribution in [3.05, 3.63) is 0 Å². The smallest absolute Gasteiger partial charge is 0.309 e. The number of esters is 2. The van der Waals surface area contributed by atoms with Gasteiger partial charge in [-0.2, -0.15) is 0 Å².